The fraction of sp³-hybridized carbons (Fsp3) is 0.692. The minimum atomic E-state index is -0.755. The van der Waals surface area contributed by atoms with E-state index in [0.29, 0.717) is 18.9 Å². The van der Waals surface area contributed by atoms with Crippen molar-refractivity contribution >= 4 is 5.97 Å². The van der Waals surface area contributed by atoms with Crippen LogP contribution in [-0.2, 0) is 16.8 Å². The van der Waals surface area contributed by atoms with Crippen molar-refractivity contribution in [2.45, 2.75) is 45.6 Å². The van der Waals surface area contributed by atoms with Crippen molar-refractivity contribution in [1.82, 2.24) is 9.88 Å². The molecule has 0 aromatic carbocycles. The Bertz CT molecular complexity index is 393. The van der Waals surface area contributed by atoms with Crippen molar-refractivity contribution in [2.24, 2.45) is 0 Å². The largest absolute Gasteiger partial charge is 0.481 e. The molecule has 5 nitrogen and oxygen atoms in total. The van der Waals surface area contributed by atoms with Gasteiger partial charge >= 0.3 is 5.97 Å². The molecular weight excluding hydrogens is 232 g/mol. The maximum Gasteiger partial charge on any atom is 0.303 e. The van der Waals surface area contributed by atoms with E-state index in [1.165, 1.54) is 0 Å². The van der Waals surface area contributed by atoms with Crippen LogP contribution in [0.2, 0.25) is 0 Å². The average molecular weight is 254 g/mol. The molecule has 0 atom stereocenters. The lowest BCUT2D eigenvalue weighted by Gasteiger charge is -2.15. The van der Waals surface area contributed by atoms with Crippen molar-refractivity contribution in [2.75, 3.05) is 13.6 Å². The van der Waals surface area contributed by atoms with Crippen molar-refractivity contribution in [3.8, 4) is 0 Å². The van der Waals surface area contributed by atoms with Crippen LogP contribution in [0.4, 0.5) is 0 Å². The van der Waals surface area contributed by atoms with Crippen LogP contribution < -0.4 is 0 Å². The van der Waals surface area contributed by atoms with Gasteiger partial charge in [-0.05, 0) is 20.0 Å². The molecule has 0 spiro atoms. The van der Waals surface area contributed by atoms with Gasteiger partial charge in [0.15, 0.2) is 0 Å². The number of aliphatic carboxylic acids is 1. The number of hydrogen-bond acceptors (Lipinski definition) is 4. The Balaban J connectivity index is 2.42. The van der Waals surface area contributed by atoms with Crippen LogP contribution in [0.5, 0.6) is 0 Å². The second kappa shape index (κ2) is 6.00. The predicted octanol–water partition coefficient (Wildman–Crippen LogP) is 2.27. The number of carboxylic acids is 1. The molecule has 0 amide bonds. The smallest absolute Gasteiger partial charge is 0.303 e. The SMILES string of the molecule is CN(CCCC(=O)O)Cc1ncc(C(C)(C)C)o1. The summed E-state index contributed by atoms with van der Waals surface area (Å²) in [7, 11) is 1.93. The zero-order valence-electron chi connectivity index (χ0n) is 11.6. The highest BCUT2D eigenvalue weighted by atomic mass is 16.4. The third-order valence-corrected chi connectivity index (χ3v) is 2.63. The minimum absolute atomic E-state index is 0.0346. The molecule has 0 saturated carbocycles. The van der Waals surface area contributed by atoms with E-state index < -0.39 is 5.97 Å². The second-order valence-corrected chi connectivity index (χ2v) is 5.60. The fourth-order valence-electron chi connectivity index (χ4n) is 1.54. The molecule has 102 valence electrons. The lowest BCUT2D eigenvalue weighted by atomic mass is 9.94. The quantitative estimate of drug-likeness (QED) is 0.843. The Morgan fingerprint density at radius 3 is 2.67 bits per heavy atom. The molecule has 5 heteroatoms. The van der Waals surface area contributed by atoms with E-state index in [4.69, 9.17) is 9.52 Å². The summed E-state index contributed by atoms with van der Waals surface area (Å²) < 4.78 is 5.68. The Kier molecular flexibility index (Phi) is 4.90. The first-order valence-electron chi connectivity index (χ1n) is 6.14. The second-order valence-electron chi connectivity index (χ2n) is 5.60. The summed E-state index contributed by atoms with van der Waals surface area (Å²) in [6, 6.07) is 0. The van der Waals surface area contributed by atoms with Gasteiger partial charge in [-0.1, -0.05) is 20.8 Å². The topological polar surface area (TPSA) is 66.6 Å². The van der Waals surface area contributed by atoms with Crippen LogP contribution >= 0.6 is 0 Å². The third-order valence-electron chi connectivity index (χ3n) is 2.63. The van der Waals surface area contributed by atoms with Crippen molar-refractivity contribution in [3.05, 3.63) is 17.8 Å². The summed E-state index contributed by atoms with van der Waals surface area (Å²) in [6.45, 7) is 7.56. The summed E-state index contributed by atoms with van der Waals surface area (Å²) in [5, 5.41) is 8.56. The molecule has 0 fully saturated rings. The zero-order valence-corrected chi connectivity index (χ0v) is 11.6. The number of carboxylic acid groups (broad SMARTS) is 1. The third kappa shape index (κ3) is 4.87. The van der Waals surface area contributed by atoms with E-state index in [1.807, 2.05) is 11.9 Å². The van der Waals surface area contributed by atoms with Gasteiger partial charge in [0.2, 0.25) is 5.89 Å². The molecule has 1 heterocycles. The fourth-order valence-corrected chi connectivity index (χ4v) is 1.54. The van der Waals surface area contributed by atoms with Gasteiger partial charge in [-0.3, -0.25) is 9.69 Å². The van der Waals surface area contributed by atoms with Gasteiger partial charge < -0.3 is 9.52 Å². The molecule has 0 unspecified atom stereocenters. The molecule has 1 aromatic heterocycles. The standard InChI is InChI=1S/C13H22N2O3/c1-13(2,3)10-8-14-11(18-10)9-15(4)7-5-6-12(16)17/h8H,5-7,9H2,1-4H3,(H,16,17). The van der Waals surface area contributed by atoms with Gasteiger partial charge in [-0.2, -0.15) is 0 Å². The number of carbonyl (C=O) groups is 1. The van der Waals surface area contributed by atoms with E-state index in [1.54, 1.807) is 6.20 Å². The zero-order chi connectivity index (χ0) is 13.8. The van der Waals surface area contributed by atoms with Crippen LogP contribution in [0.3, 0.4) is 0 Å². The highest BCUT2D eigenvalue weighted by Crippen LogP contribution is 2.22. The number of oxazole rings is 1. The van der Waals surface area contributed by atoms with Gasteiger partial charge in [0.1, 0.15) is 5.76 Å². The van der Waals surface area contributed by atoms with Crippen LogP contribution in [-0.4, -0.2) is 34.6 Å². The molecule has 0 aliphatic heterocycles. The lowest BCUT2D eigenvalue weighted by molar-refractivity contribution is -0.137. The van der Waals surface area contributed by atoms with Crippen molar-refractivity contribution in [3.63, 3.8) is 0 Å². The normalized spacial score (nSPS) is 12.1. The van der Waals surface area contributed by atoms with Crippen LogP contribution in [0.15, 0.2) is 10.6 Å². The van der Waals surface area contributed by atoms with Gasteiger partial charge in [0, 0.05) is 11.8 Å². The molecule has 0 aliphatic carbocycles. The predicted molar refractivity (Wildman–Crippen MR) is 68.4 cm³/mol. The maximum absolute atomic E-state index is 10.4. The molecular formula is C13H22N2O3. The summed E-state index contributed by atoms with van der Waals surface area (Å²) in [6.07, 6.45) is 2.60. The molecule has 0 radical (unpaired) electrons. The summed E-state index contributed by atoms with van der Waals surface area (Å²) in [5.74, 6) is 0.795. The minimum Gasteiger partial charge on any atom is -0.481 e. The molecule has 1 N–H and O–H groups in total. The summed E-state index contributed by atoms with van der Waals surface area (Å²) in [4.78, 5) is 16.7. The van der Waals surface area contributed by atoms with Crippen LogP contribution in [0.1, 0.15) is 45.3 Å². The molecule has 1 aromatic rings. The highest BCUT2D eigenvalue weighted by Gasteiger charge is 2.19. The number of rotatable bonds is 6. The lowest BCUT2D eigenvalue weighted by Crippen LogP contribution is -2.20. The van der Waals surface area contributed by atoms with Gasteiger partial charge in [-0.15, -0.1) is 0 Å². The van der Waals surface area contributed by atoms with E-state index in [2.05, 4.69) is 25.8 Å². The van der Waals surface area contributed by atoms with Crippen LogP contribution in [0.25, 0.3) is 0 Å². The van der Waals surface area contributed by atoms with Crippen molar-refractivity contribution in [1.29, 1.82) is 0 Å². The maximum atomic E-state index is 10.4. The Morgan fingerprint density at radius 2 is 2.17 bits per heavy atom. The Morgan fingerprint density at radius 1 is 1.50 bits per heavy atom. The molecule has 18 heavy (non-hydrogen) atoms. The van der Waals surface area contributed by atoms with Gasteiger partial charge in [0.25, 0.3) is 0 Å². The number of nitrogens with zero attached hydrogens (tertiary/aromatic N) is 2. The first kappa shape index (κ1) is 14.7. The molecule has 0 saturated heterocycles. The molecule has 0 bridgehead atoms. The van der Waals surface area contributed by atoms with E-state index in [0.717, 1.165) is 12.3 Å². The Labute approximate surface area is 108 Å². The van der Waals surface area contributed by atoms with Crippen LogP contribution in [0, 0.1) is 0 Å². The van der Waals surface area contributed by atoms with Gasteiger partial charge in [-0.25, -0.2) is 4.98 Å². The van der Waals surface area contributed by atoms with Crippen molar-refractivity contribution < 1.29 is 14.3 Å². The molecule has 0 aliphatic rings. The van der Waals surface area contributed by atoms with E-state index >= 15 is 0 Å². The number of hydrogen-bond donors (Lipinski definition) is 1. The molecule has 1 rings (SSSR count). The monoisotopic (exact) mass is 254 g/mol. The summed E-state index contributed by atoms with van der Waals surface area (Å²) >= 11 is 0. The van der Waals surface area contributed by atoms with E-state index in [-0.39, 0.29) is 11.8 Å². The number of aromatic nitrogens is 1. The van der Waals surface area contributed by atoms with E-state index in [9.17, 15) is 4.79 Å². The summed E-state index contributed by atoms with van der Waals surface area (Å²) in [5.41, 5.74) is -0.0346. The Hall–Kier alpha value is -1.36. The average Bonchev–Trinajstić information content (AvgIpc) is 2.64. The first-order chi connectivity index (χ1) is 8.29. The highest BCUT2D eigenvalue weighted by molar-refractivity contribution is 5.66. The van der Waals surface area contributed by atoms with Gasteiger partial charge in [0.05, 0.1) is 12.7 Å². The first-order valence-corrected chi connectivity index (χ1v) is 6.14.